The molecule has 1 unspecified atom stereocenters. The van der Waals surface area contributed by atoms with Gasteiger partial charge in [0.25, 0.3) is 0 Å². The van der Waals surface area contributed by atoms with Crippen LogP contribution < -0.4 is 10.1 Å². The number of para-hydroxylation sites is 1. The number of hydrogen-bond acceptors (Lipinski definition) is 3. The van der Waals surface area contributed by atoms with Crippen LogP contribution in [0.4, 0.5) is 0 Å². The van der Waals surface area contributed by atoms with Gasteiger partial charge in [-0.3, -0.25) is 0 Å². The van der Waals surface area contributed by atoms with Crippen molar-refractivity contribution in [2.75, 3.05) is 27.2 Å². The molecule has 1 rings (SSSR count). The third-order valence-corrected chi connectivity index (χ3v) is 3.29. The van der Waals surface area contributed by atoms with E-state index in [1.54, 1.807) is 7.11 Å². The Bertz CT molecular complexity index is 348. The van der Waals surface area contributed by atoms with E-state index in [2.05, 4.69) is 43.2 Å². The van der Waals surface area contributed by atoms with E-state index in [4.69, 9.17) is 4.74 Å². The van der Waals surface area contributed by atoms with E-state index >= 15 is 0 Å². The molecular formula is C16H28N2O. The molecule has 0 heterocycles. The fourth-order valence-electron chi connectivity index (χ4n) is 2.46. The molecule has 0 fully saturated rings. The molecule has 1 atom stereocenters. The molecule has 1 aromatic rings. The van der Waals surface area contributed by atoms with Gasteiger partial charge in [0.15, 0.2) is 0 Å². The van der Waals surface area contributed by atoms with E-state index in [1.807, 2.05) is 12.1 Å². The Morgan fingerprint density at radius 3 is 2.63 bits per heavy atom. The first-order valence-electron chi connectivity index (χ1n) is 7.25. The Hall–Kier alpha value is -1.06. The van der Waals surface area contributed by atoms with Crippen LogP contribution in [-0.2, 0) is 6.54 Å². The largest absolute Gasteiger partial charge is 0.496 e. The first kappa shape index (κ1) is 16.0. The maximum absolute atomic E-state index is 5.40. The van der Waals surface area contributed by atoms with Crippen molar-refractivity contribution in [3.05, 3.63) is 29.8 Å². The lowest BCUT2D eigenvalue weighted by Gasteiger charge is -2.25. The highest BCUT2D eigenvalue weighted by Crippen LogP contribution is 2.18. The van der Waals surface area contributed by atoms with Gasteiger partial charge in [-0.1, -0.05) is 38.5 Å². The highest BCUT2D eigenvalue weighted by Gasteiger charge is 2.11. The summed E-state index contributed by atoms with van der Waals surface area (Å²) in [6.45, 7) is 7.44. The first-order chi connectivity index (χ1) is 9.21. The molecule has 0 radical (unpaired) electrons. The van der Waals surface area contributed by atoms with Crippen molar-refractivity contribution in [2.24, 2.45) is 0 Å². The zero-order chi connectivity index (χ0) is 14.1. The molecule has 3 nitrogen and oxygen atoms in total. The van der Waals surface area contributed by atoms with Crippen molar-refractivity contribution in [2.45, 2.75) is 39.3 Å². The minimum absolute atomic E-state index is 0.578. The van der Waals surface area contributed by atoms with Gasteiger partial charge in [0.2, 0.25) is 0 Å². The Morgan fingerprint density at radius 1 is 1.26 bits per heavy atom. The zero-order valence-electron chi connectivity index (χ0n) is 12.8. The molecule has 19 heavy (non-hydrogen) atoms. The Kier molecular flexibility index (Phi) is 7.53. The molecule has 0 bridgehead atoms. The molecule has 0 saturated carbocycles. The summed E-state index contributed by atoms with van der Waals surface area (Å²) < 4.78 is 5.40. The van der Waals surface area contributed by atoms with Crippen LogP contribution in [0.5, 0.6) is 5.75 Å². The molecule has 0 aliphatic heterocycles. The zero-order valence-corrected chi connectivity index (χ0v) is 12.8. The maximum Gasteiger partial charge on any atom is 0.123 e. The lowest BCUT2D eigenvalue weighted by Crippen LogP contribution is -2.39. The molecule has 0 amide bonds. The van der Waals surface area contributed by atoms with Crippen LogP contribution in [0, 0.1) is 0 Å². The first-order valence-corrected chi connectivity index (χ1v) is 7.25. The lowest BCUT2D eigenvalue weighted by molar-refractivity contribution is 0.271. The van der Waals surface area contributed by atoms with Crippen molar-refractivity contribution in [1.82, 2.24) is 10.2 Å². The predicted octanol–water partition coefficient (Wildman–Crippen LogP) is 2.91. The summed E-state index contributed by atoms with van der Waals surface area (Å²) in [4.78, 5) is 2.36. The molecule has 1 aromatic carbocycles. The van der Waals surface area contributed by atoms with Crippen molar-refractivity contribution in [3.63, 3.8) is 0 Å². The topological polar surface area (TPSA) is 24.5 Å². The summed E-state index contributed by atoms with van der Waals surface area (Å²) in [7, 11) is 3.91. The molecular weight excluding hydrogens is 236 g/mol. The van der Waals surface area contributed by atoms with E-state index in [0.29, 0.717) is 6.04 Å². The van der Waals surface area contributed by atoms with Gasteiger partial charge in [-0.2, -0.15) is 0 Å². The van der Waals surface area contributed by atoms with E-state index in [-0.39, 0.29) is 0 Å². The average Bonchev–Trinajstić information content (AvgIpc) is 2.40. The number of ether oxygens (including phenoxy) is 1. The van der Waals surface area contributed by atoms with Crippen molar-refractivity contribution >= 4 is 0 Å². The molecule has 1 N–H and O–H groups in total. The number of benzene rings is 1. The number of hydrogen-bond donors (Lipinski definition) is 1. The second kappa shape index (κ2) is 8.94. The molecule has 0 aliphatic rings. The molecule has 0 saturated heterocycles. The van der Waals surface area contributed by atoms with Crippen LogP contribution in [0.3, 0.4) is 0 Å². The number of nitrogens with zero attached hydrogens (tertiary/aromatic N) is 1. The number of likely N-dealkylation sites (N-methyl/N-ethyl adjacent to an activating group) is 2. The molecule has 3 heteroatoms. The Labute approximate surface area is 118 Å². The fourth-order valence-corrected chi connectivity index (χ4v) is 2.46. The van der Waals surface area contributed by atoms with Gasteiger partial charge < -0.3 is 15.0 Å². The van der Waals surface area contributed by atoms with Crippen molar-refractivity contribution in [1.29, 1.82) is 0 Å². The Morgan fingerprint density at radius 2 is 2.00 bits per heavy atom. The highest BCUT2D eigenvalue weighted by atomic mass is 16.5. The smallest absolute Gasteiger partial charge is 0.123 e. The van der Waals surface area contributed by atoms with Crippen LogP contribution >= 0.6 is 0 Å². The third-order valence-electron chi connectivity index (χ3n) is 3.29. The van der Waals surface area contributed by atoms with Gasteiger partial charge >= 0.3 is 0 Å². The molecule has 0 aliphatic carbocycles. The summed E-state index contributed by atoms with van der Waals surface area (Å²) in [5.41, 5.74) is 1.25. The van der Waals surface area contributed by atoms with Gasteiger partial charge in [-0.15, -0.1) is 0 Å². The van der Waals surface area contributed by atoms with Crippen LogP contribution in [0.2, 0.25) is 0 Å². The number of rotatable bonds is 9. The standard InChI is InChI=1S/C16H28N2O/c1-5-9-15(17-6-2)13-18(3)12-14-10-7-8-11-16(14)19-4/h7-8,10-11,15,17H,5-6,9,12-13H2,1-4H3. The van der Waals surface area contributed by atoms with E-state index in [9.17, 15) is 0 Å². The SMILES string of the molecule is CCCC(CN(C)Cc1ccccc1OC)NCC. The summed E-state index contributed by atoms with van der Waals surface area (Å²) in [5, 5.41) is 3.56. The maximum atomic E-state index is 5.40. The quantitative estimate of drug-likeness (QED) is 0.742. The average molecular weight is 264 g/mol. The minimum Gasteiger partial charge on any atom is -0.496 e. The Balaban J connectivity index is 2.55. The van der Waals surface area contributed by atoms with Crippen molar-refractivity contribution < 1.29 is 4.74 Å². The highest BCUT2D eigenvalue weighted by molar-refractivity contribution is 5.32. The van der Waals surface area contributed by atoms with E-state index in [0.717, 1.165) is 25.4 Å². The summed E-state index contributed by atoms with van der Waals surface area (Å²) >= 11 is 0. The monoisotopic (exact) mass is 264 g/mol. The minimum atomic E-state index is 0.578. The lowest BCUT2D eigenvalue weighted by atomic mass is 10.1. The second-order valence-corrected chi connectivity index (χ2v) is 5.05. The predicted molar refractivity (Wildman–Crippen MR) is 81.7 cm³/mol. The van der Waals surface area contributed by atoms with Crippen LogP contribution in [0.15, 0.2) is 24.3 Å². The van der Waals surface area contributed by atoms with Crippen LogP contribution in [0.1, 0.15) is 32.3 Å². The summed E-state index contributed by atoms with van der Waals surface area (Å²) in [6.07, 6.45) is 2.45. The fraction of sp³-hybridized carbons (Fsp3) is 0.625. The molecule has 0 aromatic heterocycles. The van der Waals surface area contributed by atoms with E-state index < -0.39 is 0 Å². The third kappa shape index (κ3) is 5.62. The summed E-state index contributed by atoms with van der Waals surface area (Å²) in [5.74, 6) is 0.977. The van der Waals surface area contributed by atoms with E-state index in [1.165, 1.54) is 18.4 Å². The second-order valence-electron chi connectivity index (χ2n) is 5.05. The van der Waals surface area contributed by atoms with Gasteiger partial charge in [0.1, 0.15) is 5.75 Å². The number of methoxy groups -OCH3 is 1. The van der Waals surface area contributed by atoms with Gasteiger partial charge in [-0.25, -0.2) is 0 Å². The molecule has 0 spiro atoms. The van der Waals surface area contributed by atoms with Crippen LogP contribution in [0.25, 0.3) is 0 Å². The summed E-state index contributed by atoms with van der Waals surface area (Å²) in [6, 6.07) is 8.82. The van der Waals surface area contributed by atoms with Gasteiger partial charge in [0.05, 0.1) is 7.11 Å². The normalized spacial score (nSPS) is 12.7. The van der Waals surface area contributed by atoms with Crippen molar-refractivity contribution in [3.8, 4) is 5.75 Å². The van der Waals surface area contributed by atoms with Crippen LogP contribution in [-0.4, -0.2) is 38.2 Å². The number of nitrogens with one attached hydrogen (secondary N) is 1. The van der Waals surface area contributed by atoms with Gasteiger partial charge in [0, 0.05) is 24.7 Å². The van der Waals surface area contributed by atoms with Gasteiger partial charge in [-0.05, 0) is 26.1 Å². The molecule has 108 valence electrons.